The van der Waals surface area contributed by atoms with Gasteiger partial charge in [-0.15, -0.1) is 5.73 Å². The normalized spacial score (nSPS) is 22.0. The molecule has 1 nitrogen and oxygen atoms in total. The molecule has 0 saturated carbocycles. The van der Waals surface area contributed by atoms with Gasteiger partial charge in [0.1, 0.15) is 11.9 Å². The van der Waals surface area contributed by atoms with E-state index in [1.54, 1.807) is 0 Å². The lowest BCUT2D eigenvalue weighted by atomic mass is 9.94. The molecule has 1 heteroatoms. The molecule has 68 valence electrons. The van der Waals surface area contributed by atoms with E-state index in [1.807, 2.05) is 24.3 Å². The predicted octanol–water partition coefficient (Wildman–Crippen LogP) is 2.64. The molecule has 0 spiro atoms. The Bertz CT molecular complexity index is 462. The van der Waals surface area contributed by atoms with Gasteiger partial charge >= 0.3 is 0 Å². The molecule has 1 aromatic carbocycles. The smallest absolute Gasteiger partial charge is 0.146 e. The van der Waals surface area contributed by atoms with E-state index in [0.717, 1.165) is 12.2 Å². The van der Waals surface area contributed by atoms with Gasteiger partial charge < -0.3 is 4.74 Å². The van der Waals surface area contributed by atoms with Crippen LogP contribution in [0.4, 0.5) is 0 Å². The highest BCUT2D eigenvalue weighted by Crippen LogP contribution is 2.31. The Morgan fingerprint density at radius 1 is 1.29 bits per heavy atom. The number of rotatable bonds is 0. The van der Waals surface area contributed by atoms with Crippen molar-refractivity contribution in [2.45, 2.75) is 12.5 Å². The zero-order chi connectivity index (χ0) is 9.38. The third-order valence-electron chi connectivity index (χ3n) is 2.63. The second-order valence-electron chi connectivity index (χ2n) is 3.56. The zero-order valence-electron chi connectivity index (χ0n) is 7.73. The van der Waals surface area contributed by atoms with Gasteiger partial charge in [-0.3, -0.25) is 0 Å². The highest BCUT2D eigenvalue weighted by Gasteiger charge is 2.22. The summed E-state index contributed by atoms with van der Waals surface area (Å²) in [4.78, 5) is 0. The van der Waals surface area contributed by atoms with Crippen molar-refractivity contribution in [2.24, 2.45) is 0 Å². The number of hydrogen-bond acceptors (Lipinski definition) is 1. The van der Waals surface area contributed by atoms with Crippen LogP contribution >= 0.6 is 0 Å². The fourth-order valence-electron chi connectivity index (χ4n) is 1.89. The molecule has 0 fully saturated rings. The van der Waals surface area contributed by atoms with Crippen LogP contribution in [-0.4, -0.2) is 6.10 Å². The average Bonchev–Trinajstić information content (AvgIpc) is 2.26. The van der Waals surface area contributed by atoms with Crippen LogP contribution in [0.15, 0.2) is 53.8 Å². The molecule has 0 saturated heterocycles. The summed E-state index contributed by atoms with van der Waals surface area (Å²) in [5.74, 6) is 1.01. The molecule has 0 aromatic heterocycles. The lowest BCUT2D eigenvalue weighted by Crippen LogP contribution is -2.24. The van der Waals surface area contributed by atoms with Gasteiger partial charge in [0.05, 0.1) is 0 Å². The van der Waals surface area contributed by atoms with Gasteiger partial charge in [-0.1, -0.05) is 24.3 Å². The molecule has 1 aromatic rings. The molecule has 1 heterocycles. The van der Waals surface area contributed by atoms with E-state index in [0.29, 0.717) is 0 Å². The monoisotopic (exact) mass is 182 g/mol. The van der Waals surface area contributed by atoms with Crippen LogP contribution in [0.1, 0.15) is 5.56 Å². The number of para-hydroxylation sites is 1. The molecule has 0 amide bonds. The van der Waals surface area contributed by atoms with Crippen LogP contribution in [0.3, 0.4) is 0 Å². The third kappa shape index (κ3) is 1.11. The summed E-state index contributed by atoms with van der Waals surface area (Å²) >= 11 is 0. The van der Waals surface area contributed by atoms with Gasteiger partial charge in [0.25, 0.3) is 0 Å². The van der Waals surface area contributed by atoms with Crippen LogP contribution in [-0.2, 0) is 6.42 Å². The standard InChI is InChI=1S/C13H10O/c1-3-7-12-10(5-1)9-11-6-2-4-8-13(11)14-12/h1-3,5-8,13H,9H2. The van der Waals surface area contributed by atoms with Crippen molar-refractivity contribution in [1.29, 1.82) is 0 Å². The van der Waals surface area contributed by atoms with Crippen LogP contribution in [0.2, 0.25) is 0 Å². The Balaban J connectivity index is 2.07. The van der Waals surface area contributed by atoms with Crippen molar-refractivity contribution < 1.29 is 4.74 Å². The molecule has 1 aliphatic heterocycles. The molecule has 1 atom stereocenters. The Hall–Kier alpha value is -1.72. The van der Waals surface area contributed by atoms with Gasteiger partial charge in [0, 0.05) is 12.5 Å². The first-order valence-electron chi connectivity index (χ1n) is 4.80. The Morgan fingerprint density at radius 2 is 2.21 bits per heavy atom. The third-order valence-corrected chi connectivity index (χ3v) is 2.63. The van der Waals surface area contributed by atoms with E-state index in [9.17, 15) is 0 Å². The summed E-state index contributed by atoms with van der Waals surface area (Å²) in [7, 11) is 0. The summed E-state index contributed by atoms with van der Waals surface area (Å²) in [6, 6.07) is 8.21. The molecular formula is C13H10O. The molecule has 1 unspecified atom stereocenters. The minimum Gasteiger partial charge on any atom is -0.481 e. The minimum absolute atomic E-state index is 0.106. The lowest BCUT2D eigenvalue weighted by Gasteiger charge is -2.26. The first kappa shape index (κ1) is 7.66. The summed E-state index contributed by atoms with van der Waals surface area (Å²) in [6.45, 7) is 0. The molecule has 0 N–H and O–H groups in total. The molecule has 14 heavy (non-hydrogen) atoms. The van der Waals surface area contributed by atoms with Crippen LogP contribution in [0, 0.1) is 0 Å². The van der Waals surface area contributed by atoms with Gasteiger partial charge in [0.15, 0.2) is 0 Å². The fraction of sp³-hybridized carbons (Fsp3) is 0.154. The zero-order valence-corrected chi connectivity index (χ0v) is 7.73. The Labute approximate surface area is 83.0 Å². The van der Waals surface area contributed by atoms with E-state index in [1.165, 1.54) is 11.1 Å². The van der Waals surface area contributed by atoms with Crippen molar-refractivity contribution in [3.8, 4) is 5.75 Å². The summed E-state index contributed by atoms with van der Waals surface area (Å²) in [6.07, 6.45) is 7.12. The molecule has 0 bridgehead atoms. The van der Waals surface area contributed by atoms with Gasteiger partial charge in [-0.2, -0.15) is 0 Å². The maximum Gasteiger partial charge on any atom is 0.146 e. The molecular weight excluding hydrogens is 172 g/mol. The molecule has 3 rings (SSSR count). The van der Waals surface area contributed by atoms with E-state index in [2.05, 4.69) is 23.9 Å². The number of allylic oxidation sites excluding steroid dienone is 1. The number of ether oxygens (including phenoxy) is 1. The average molecular weight is 182 g/mol. The predicted molar refractivity (Wildman–Crippen MR) is 55.3 cm³/mol. The highest BCUT2D eigenvalue weighted by atomic mass is 16.5. The van der Waals surface area contributed by atoms with E-state index in [-0.39, 0.29) is 6.10 Å². The Morgan fingerprint density at radius 3 is 3.21 bits per heavy atom. The number of hydrogen-bond donors (Lipinski definition) is 0. The lowest BCUT2D eigenvalue weighted by molar-refractivity contribution is 0.265. The Kier molecular flexibility index (Phi) is 1.59. The summed E-state index contributed by atoms with van der Waals surface area (Å²) < 4.78 is 5.83. The van der Waals surface area contributed by atoms with Crippen LogP contribution < -0.4 is 4.74 Å². The SMILES string of the molecule is C1=CC=C2Cc3ccccc3OC2C=1. The maximum absolute atomic E-state index is 5.83. The van der Waals surface area contributed by atoms with Crippen LogP contribution in [0.5, 0.6) is 5.75 Å². The van der Waals surface area contributed by atoms with Crippen molar-refractivity contribution >= 4 is 0 Å². The molecule has 1 aliphatic carbocycles. The quantitative estimate of drug-likeness (QED) is 0.560. The van der Waals surface area contributed by atoms with E-state index >= 15 is 0 Å². The molecule has 2 aliphatic rings. The first-order chi connectivity index (χ1) is 6.93. The maximum atomic E-state index is 5.83. The first-order valence-corrected chi connectivity index (χ1v) is 4.80. The fourth-order valence-corrected chi connectivity index (χ4v) is 1.89. The molecule has 0 radical (unpaired) electrons. The van der Waals surface area contributed by atoms with Crippen molar-refractivity contribution in [1.82, 2.24) is 0 Å². The van der Waals surface area contributed by atoms with Gasteiger partial charge in [-0.05, 0) is 23.3 Å². The summed E-state index contributed by atoms with van der Waals surface area (Å²) in [5.41, 5.74) is 5.66. The highest BCUT2D eigenvalue weighted by molar-refractivity contribution is 5.44. The van der Waals surface area contributed by atoms with E-state index < -0.39 is 0 Å². The van der Waals surface area contributed by atoms with Crippen LogP contribution in [0.25, 0.3) is 0 Å². The largest absolute Gasteiger partial charge is 0.481 e. The second-order valence-corrected chi connectivity index (χ2v) is 3.56. The van der Waals surface area contributed by atoms with Gasteiger partial charge in [0.2, 0.25) is 0 Å². The second kappa shape index (κ2) is 2.90. The van der Waals surface area contributed by atoms with E-state index in [4.69, 9.17) is 4.74 Å². The summed E-state index contributed by atoms with van der Waals surface area (Å²) in [5, 5.41) is 0. The number of benzene rings is 1. The van der Waals surface area contributed by atoms with Crippen molar-refractivity contribution in [2.75, 3.05) is 0 Å². The van der Waals surface area contributed by atoms with Crippen molar-refractivity contribution in [3.63, 3.8) is 0 Å². The van der Waals surface area contributed by atoms with Gasteiger partial charge in [-0.25, -0.2) is 0 Å². The minimum atomic E-state index is 0.106. The van der Waals surface area contributed by atoms with Crippen molar-refractivity contribution in [3.05, 3.63) is 59.4 Å². The topological polar surface area (TPSA) is 9.23 Å². The number of fused-ring (bicyclic) bond motifs is 2.